The molecule has 4 heteroatoms. The number of hydrogen-bond acceptors (Lipinski definition) is 2. The van der Waals surface area contributed by atoms with Crippen molar-refractivity contribution >= 4 is 24.8 Å². The lowest BCUT2D eigenvalue weighted by molar-refractivity contribution is -0.0707. The van der Waals surface area contributed by atoms with Crippen LogP contribution in [0.15, 0.2) is 24.4 Å². The maximum atomic E-state index is 4.43. The van der Waals surface area contributed by atoms with Gasteiger partial charge in [0.1, 0.15) is 0 Å². The van der Waals surface area contributed by atoms with Crippen molar-refractivity contribution in [2.75, 3.05) is 0 Å². The van der Waals surface area contributed by atoms with Gasteiger partial charge < -0.3 is 5.32 Å². The first kappa shape index (κ1) is 18.0. The lowest BCUT2D eigenvalue weighted by Crippen LogP contribution is -2.54. The molecule has 1 heterocycles. The molecule has 4 bridgehead atoms. The largest absolute Gasteiger partial charge is 0.308 e. The molecule has 1 N–H and O–H groups in total. The van der Waals surface area contributed by atoms with Gasteiger partial charge in [-0.05, 0) is 80.8 Å². The minimum atomic E-state index is 0. The summed E-state index contributed by atoms with van der Waals surface area (Å²) in [5.41, 5.74) is 1.77. The van der Waals surface area contributed by atoms with Gasteiger partial charge in [-0.25, -0.2) is 0 Å². The standard InChI is InChI=1S/C18H26N2.2ClH/c1-13(20-12-17-4-2-3-5-19-17)18-9-14-6-15(10-18)8-16(7-14)11-18;;/h2-5,13-16,20H,6-12H2,1H3;2*1H. The molecular formula is C18H28Cl2N2. The number of nitrogens with one attached hydrogen (secondary N) is 1. The van der Waals surface area contributed by atoms with Gasteiger partial charge in [-0.15, -0.1) is 24.8 Å². The molecular weight excluding hydrogens is 315 g/mol. The van der Waals surface area contributed by atoms with Crippen LogP contribution in [0.4, 0.5) is 0 Å². The summed E-state index contributed by atoms with van der Waals surface area (Å²) >= 11 is 0. The Hall–Kier alpha value is -0.310. The van der Waals surface area contributed by atoms with E-state index in [9.17, 15) is 0 Å². The van der Waals surface area contributed by atoms with E-state index in [1.54, 1.807) is 0 Å². The third kappa shape index (κ3) is 3.29. The van der Waals surface area contributed by atoms with E-state index < -0.39 is 0 Å². The zero-order valence-electron chi connectivity index (χ0n) is 13.3. The van der Waals surface area contributed by atoms with Crippen molar-refractivity contribution < 1.29 is 0 Å². The van der Waals surface area contributed by atoms with Gasteiger partial charge in [0.05, 0.1) is 5.69 Å². The molecule has 0 saturated heterocycles. The van der Waals surface area contributed by atoms with Crippen molar-refractivity contribution in [3.05, 3.63) is 30.1 Å². The molecule has 0 radical (unpaired) electrons. The molecule has 2 nitrogen and oxygen atoms in total. The molecule has 0 aliphatic heterocycles. The second kappa shape index (κ2) is 7.07. The van der Waals surface area contributed by atoms with Crippen molar-refractivity contribution in [3.63, 3.8) is 0 Å². The van der Waals surface area contributed by atoms with E-state index in [0.717, 1.165) is 24.3 Å². The molecule has 22 heavy (non-hydrogen) atoms. The summed E-state index contributed by atoms with van der Waals surface area (Å²) < 4.78 is 0. The minimum Gasteiger partial charge on any atom is -0.308 e. The Bertz CT molecular complexity index is 442. The number of aromatic nitrogens is 1. The van der Waals surface area contributed by atoms with Crippen LogP contribution in [-0.2, 0) is 6.54 Å². The normalized spacial score (nSPS) is 36.3. The van der Waals surface area contributed by atoms with Gasteiger partial charge in [-0.2, -0.15) is 0 Å². The Morgan fingerprint density at radius 2 is 1.68 bits per heavy atom. The highest BCUT2D eigenvalue weighted by Gasteiger charge is 2.52. The van der Waals surface area contributed by atoms with Gasteiger partial charge in [0.25, 0.3) is 0 Å². The Morgan fingerprint density at radius 1 is 1.09 bits per heavy atom. The van der Waals surface area contributed by atoms with Crippen molar-refractivity contribution in [2.24, 2.45) is 23.2 Å². The van der Waals surface area contributed by atoms with E-state index >= 15 is 0 Å². The van der Waals surface area contributed by atoms with Crippen molar-refractivity contribution in [3.8, 4) is 0 Å². The molecule has 1 aromatic rings. The topological polar surface area (TPSA) is 24.9 Å². The number of nitrogens with zero attached hydrogens (tertiary/aromatic N) is 1. The Kier molecular flexibility index (Phi) is 5.79. The van der Waals surface area contributed by atoms with E-state index in [1.165, 1.54) is 44.2 Å². The zero-order valence-corrected chi connectivity index (χ0v) is 15.0. The van der Waals surface area contributed by atoms with Gasteiger partial charge in [0.2, 0.25) is 0 Å². The molecule has 1 atom stereocenters. The van der Waals surface area contributed by atoms with E-state index in [4.69, 9.17) is 0 Å². The second-order valence-electron chi connectivity index (χ2n) is 7.70. The highest BCUT2D eigenvalue weighted by molar-refractivity contribution is 5.85. The number of halogens is 2. The minimum absolute atomic E-state index is 0. The average molecular weight is 343 g/mol. The number of hydrogen-bond donors (Lipinski definition) is 1. The summed E-state index contributed by atoms with van der Waals surface area (Å²) in [6, 6.07) is 6.84. The van der Waals surface area contributed by atoms with E-state index in [0.29, 0.717) is 11.5 Å². The summed E-state index contributed by atoms with van der Waals surface area (Å²) in [5.74, 6) is 3.13. The van der Waals surface area contributed by atoms with Crippen molar-refractivity contribution in [1.29, 1.82) is 0 Å². The summed E-state index contributed by atoms with van der Waals surface area (Å²) in [5, 5.41) is 3.79. The fraction of sp³-hybridized carbons (Fsp3) is 0.722. The van der Waals surface area contributed by atoms with Gasteiger partial charge in [0, 0.05) is 18.8 Å². The number of pyridine rings is 1. The second-order valence-corrected chi connectivity index (χ2v) is 7.70. The van der Waals surface area contributed by atoms with E-state index in [-0.39, 0.29) is 24.8 Å². The van der Waals surface area contributed by atoms with Gasteiger partial charge in [-0.1, -0.05) is 6.07 Å². The fourth-order valence-electron chi connectivity index (χ4n) is 5.68. The lowest BCUT2D eigenvalue weighted by Gasteiger charge is -2.59. The van der Waals surface area contributed by atoms with E-state index in [2.05, 4.69) is 29.4 Å². The zero-order chi connectivity index (χ0) is 13.6. The first-order chi connectivity index (χ1) is 9.73. The molecule has 0 spiro atoms. The van der Waals surface area contributed by atoms with Crippen LogP contribution in [0.5, 0.6) is 0 Å². The molecule has 4 saturated carbocycles. The fourth-order valence-corrected chi connectivity index (χ4v) is 5.68. The summed E-state index contributed by atoms with van der Waals surface area (Å²) in [7, 11) is 0. The van der Waals surface area contributed by atoms with Crippen molar-refractivity contribution in [1.82, 2.24) is 10.3 Å². The van der Waals surface area contributed by atoms with Crippen LogP contribution in [0.3, 0.4) is 0 Å². The predicted octanol–water partition coefficient (Wildman–Crippen LogP) is 4.62. The summed E-state index contributed by atoms with van der Waals surface area (Å²) in [6.45, 7) is 3.35. The third-order valence-corrected chi connectivity index (χ3v) is 6.32. The van der Waals surface area contributed by atoms with Crippen LogP contribution in [0.25, 0.3) is 0 Å². The van der Waals surface area contributed by atoms with E-state index in [1.807, 2.05) is 12.3 Å². The first-order valence-electron chi connectivity index (χ1n) is 8.37. The maximum absolute atomic E-state index is 4.43. The molecule has 4 aliphatic carbocycles. The molecule has 4 aliphatic rings. The van der Waals surface area contributed by atoms with Crippen LogP contribution >= 0.6 is 24.8 Å². The number of rotatable bonds is 4. The molecule has 4 fully saturated rings. The lowest BCUT2D eigenvalue weighted by atomic mass is 9.48. The van der Waals surface area contributed by atoms with Crippen LogP contribution in [0.2, 0.25) is 0 Å². The van der Waals surface area contributed by atoms with Gasteiger partial charge >= 0.3 is 0 Å². The highest BCUT2D eigenvalue weighted by Crippen LogP contribution is 2.61. The van der Waals surface area contributed by atoms with Crippen LogP contribution < -0.4 is 5.32 Å². The van der Waals surface area contributed by atoms with Crippen LogP contribution in [-0.4, -0.2) is 11.0 Å². The first-order valence-corrected chi connectivity index (χ1v) is 8.37. The Labute approximate surface area is 146 Å². The van der Waals surface area contributed by atoms with Crippen LogP contribution in [0, 0.1) is 23.2 Å². The molecule has 0 amide bonds. The molecule has 0 aromatic carbocycles. The maximum Gasteiger partial charge on any atom is 0.0541 e. The SMILES string of the molecule is CC(NCc1ccccn1)C12CC3CC(CC(C3)C1)C2.Cl.Cl. The molecule has 1 aromatic heterocycles. The van der Waals surface area contributed by atoms with Crippen molar-refractivity contribution in [2.45, 2.75) is 58.0 Å². The monoisotopic (exact) mass is 342 g/mol. The van der Waals surface area contributed by atoms with Crippen LogP contribution in [0.1, 0.15) is 51.1 Å². The summed E-state index contributed by atoms with van der Waals surface area (Å²) in [4.78, 5) is 4.43. The molecule has 1 unspecified atom stereocenters. The molecule has 5 rings (SSSR count). The predicted molar refractivity (Wildman–Crippen MR) is 95.6 cm³/mol. The smallest absolute Gasteiger partial charge is 0.0541 e. The quantitative estimate of drug-likeness (QED) is 0.863. The summed E-state index contributed by atoms with van der Waals surface area (Å²) in [6.07, 6.45) is 10.9. The highest BCUT2D eigenvalue weighted by atomic mass is 35.5. The van der Waals surface area contributed by atoms with Gasteiger partial charge in [-0.3, -0.25) is 4.98 Å². The average Bonchev–Trinajstić information content (AvgIpc) is 2.44. The molecule has 124 valence electrons. The third-order valence-electron chi connectivity index (χ3n) is 6.32. The van der Waals surface area contributed by atoms with Gasteiger partial charge in [0.15, 0.2) is 0 Å². The Balaban J connectivity index is 0.000000882. The Morgan fingerprint density at radius 3 is 2.18 bits per heavy atom.